The number of carboxylic acid groups (broad SMARTS) is 1. The molecule has 2 rings (SSSR count). The van der Waals surface area contributed by atoms with Crippen molar-refractivity contribution in [3.63, 3.8) is 0 Å². The first-order chi connectivity index (χ1) is 8.95. The van der Waals surface area contributed by atoms with Crippen molar-refractivity contribution >= 4 is 17.3 Å². The molecule has 0 amide bonds. The summed E-state index contributed by atoms with van der Waals surface area (Å²) in [5.41, 5.74) is -0.0157. The third kappa shape index (κ3) is 3.18. The maximum Gasteiger partial charge on any atom is 0.306 e. The number of anilines is 1. The van der Waals surface area contributed by atoms with Crippen molar-refractivity contribution < 1.29 is 19.2 Å². The van der Waals surface area contributed by atoms with Crippen molar-refractivity contribution in [2.45, 2.75) is 25.3 Å². The Labute approximate surface area is 108 Å². The van der Waals surface area contributed by atoms with Crippen LogP contribution in [0.5, 0.6) is 0 Å². The van der Waals surface area contributed by atoms with Gasteiger partial charge in [-0.05, 0) is 25.3 Å². The highest BCUT2D eigenvalue weighted by Gasteiger charge is 2.29. The SMILES string of the molecule is O=C(O)C1CCC(Nc2cc(F)cc([N+](=O)[O-])c2)C1. The Bertz CT molecular complexity index is 520. The van der Waals surface area contributed by atoms with E-state index in [1.165, 1.54) is 12.1 Å². The van der Waals surface area contributed by atoms with Crippen LogP contribution in [0.1, 0.15) is 19.3 Å². The molecule has 19 heavy (non-hydrogen) atoms. The first-order valence-electron chi connectivity index (χ1n) is 5.90. The van der Waals surface area contributed by atoms with Gasteiger partial charge in [-0.3, -0.25) is 14.9 Å². The lowest BCUT2D eigenvalue weighted by Gasteiger charge is -2.13. The number of hydrogen-bond donors (Lipinski definition) is 2. The molecule has 1 saturated carbocycles. The van der Waals surface area contributed by atoms with Crippen LogP contribution in [-0.2, 0) is 4.79 Å². The van der Waals surface area contributed by atoms with E-state index in [2.05, 4.69) is 5.32 Å². The molecule has 0 bridgehead atoms. The number of nitrogens with one attached hydrogen (secondary N) is 1. The van der Waals surface area contributed by atoms with Crippen molar-refractivity contribution in [2.75, 3.05) is 5.32 Å². The van der Waals surface area contributed by atoms with Gasteiger partial charge in [0.2, 0.25) is 0 Å². The Morgan fingerprint density at radius 3 is 2.74 bits per heavy atom. The van der Waals surface area contributed by atoms with Gasteiger partial charge in [-0.15, -0.1) is 0 Å². The molecular formula is C12H13FN2O4. The van der Waals surface area contributed by atoms with Crippen LogP contribution in [-0.4, -0.2) is 22.0 Å². The highest BCUT2D eigenvalue weighted by atomic mass is 19.1. The summed E-state index contributed by atoms with van der Waals surface area (Å²) in [6.07, 6.45) is 1.66. The van der Waals surface area contributed by atoms with E-state index in [-0.39, 0.29) is 11.7 Å². The summed E-state index contributed by atoms with van der Waals surface area (Å²) < 4.78 is 13.2. The molecule has 0 radical (unpaired) electrons. The number of rotatable bonds is 4. The molecule has 7 heteroatoms. The molecule has 2 unspecified atom stereocenters. The minimum Gasteiger partial charge on any atom is -0.481 e. The predicted octanol–water partition coefficient (Wildman–Crippen LogP) is 2.40. The average molecular weight is 268 g/mol. The number of nitro benzene ring substituents is 1. The molecular weight excluding hydrogens is 255 g/mol. The van der Waals surface area contributed by atoms with E-state index in [1.54, 1.807) is 0 Å². The molecule has 2 atom stereocenters. The maximum atomic E-state index is 13.2. The summed E-state index contributed by atoms with van der Waals surface area (Å²) >= 11 is 0. The van der Waals surface area contributed by atoms with E-state index in [9.17, 15) is 19.3 Å². The van der Waals surface area contributed by atoms with Gasteiger partial charge >= 0.3 is 5.97 Å². The molecule has 6 nitrogen and oxygen atoms in total. The van der Waals surface area contributed by atoms with Crippen LogP contribution < -0.4 is 5.32 Å². The minimum atomic E-state index is -0.838. The Morgan fingerprint density at radius 1 is 1.42 bits per heavy atom. The zero-order valence-electron chi connectivity index (χ0n) is 10.0. The van der Waals surface area contributed by atoms with Crippen molar-refractivity contribution in [3.05, 3.63) is 34.1 Å². The molecule has 1 aromatic carbocycles. The lowest BCUT2D eigenvalue weighted by atomic mass is 10.1. The fourth-order valence-corrected chi connectivity index (χ4v) is 2.34. The molecule has 1 aromatic rings. The second kappa shape index (κ2) is 5.21. The van der Waals surface area contributed by atoms with Crippen LogP contribution in [0.3, 0.4) is 0 Å². The van der Waals surface area contributed by atoms with Gasteiger partial charge in [-0.25, -0.2) is 4.39 Å². The topological polar surface area (TPSA) is 92.5 Å². The van der Waals surface area contributed by atoms with E-state index in [4.69, 9.17) is 5.11 Å². The number of carboxylic acids is 1. The number of non-ortho nitro benzene ring substituents is 1. The van der Waals surface area contributed by atoms with E-state index in [0.717, 1.165) is 6.07 Å². The number of nitro groups is 1. The molecule has 1 aliphatic carbocycles. The van der Waals surface area contributed by atoms with E-state index < -0.39 is 22.6 Å². The number of aliphatic carboxylic acids is 1. The third-order valence-corrected chi connectivity index (χ3v) is 3.25. The summed E-state index contributed by atoms with van der Waals surface area (Å²) in [6.45, 7) is 0. The molecule has 0 spiro atoms. The van der Waals surface area contributed by atoms with Gasteiger partial charge < -0.3 is 10.4 Å². The Hall–Kier alpha value is -2.18. The number of halogens is 1. The Balaban J connectivity index is 2.08. The van der Waals surface area contributed by atoms with E-state index in [1.807, 2.05) is 0 Å². The number of benzene rings is 1. The zero-order valence-corrected chi connectivity index (χ0v) is 10.0. The van der Waals surface area contributed by atoms with Crippen LogP contribution in [0.2, 0.25) is 0 Å². The number of nitrogens with zero attached hydrogens (tertiary/aromatic N) is 1. The standard InChI is InChI=1S/C12H13FN2O4/c13-8-4-10(6-11(5-8)15(18)19)14-9-2-1-7(3-9)12(16)17/h4-7,9,14H,1-3H2,(H,16,17). The summed E-state index contributed by atoms with van der Waals surface area (Å²) in [6, 6.07) is 3.17. The minimum absolute atomic E-state index is 0.0949. The second-order valence-corrected chi connectivity index (χ2v) is 4.64. The predicted molar refractivity (Wildman–Crippen MR) is 65.4 cm³/mol. The summed E-state index contributed by atoms with van der Waals surface area (Å²) in [5.74, 6) is -1.93. The van der Waals surface area contributed by atoms with E-state index >= 15 is 0 Å². The highest BCUT2D eigenvalue weighted by molar-refractivity contribution is 5.70. The maximum absolute atomic E-state index is 13.2. The molecule has 1 fully saturated rings. The second-order valence-electron chi connectivity index (χ2n) is 4.64. The molecule has 102 valence electrons. The van der Waals surface area contributed by atoms with Gasteiger partial charge in [0.25, 0.3) is 5.69 Å². The molecule has 0 saturated heterocycles. The van der Waals surface area contributed by atoms with Gasteiger partial charge in [0.05, 0.1) is 16.9 Å². The fourth-order valence-electron chi connectivity index (χ4n) is 2.34. The normalized spacial score (nSPS) is 22.2. The van der Waals surface area contributed by atoms with Crippen LogP contribution in [0, 0.1) is 21.8 Å². The van der Waals surface area contributed by atoms with Crippen LogP contribution in [0.15, 0.2) is 18.2 Å². The van der Waals surface area contributed by atoms with Crippen molar-refractivity contribution in [3.8, 4) is 0 Å². The van der Waals surface area contributed by atoms with Gasteiger partial charge in [-0.2, -0.15) is 0 Å². The highest BCUT2D eigenvalue weighted by Crippen LogP contribution is 2.29. The first kappa shape index (κ1) is 13.3. The van der Waals surface area contributed by atoms with Crippen molar-refractivity contribution in [2.24, 2.45) is 5.92 Å². The Morgan fingerprint density at radius 2 is 2.16 bits per heavy atom. The van der Waals surface area contributed by atoms with Gasteiger partial charge in [-0.1, -0.05) is 0 Å². The molecule has 2 N–H and O–H groups in total. The van der Waals surface area contributed by atoms with Crippen LogP contribution in [0.25, 0.3) is 0 Å². The first-order valence-corrected chi connectivity index (χ1v) is 5.90. The summed E-state index contributed by atoms with van der Waals surface area (Å²) in [4.78, 5) is 20.8. The van der Waals surface area contributed by atoms with Gasteiger partial charge in [0.15, 0.2) is 0 Å². The van der Waals surface area contributed by atoms with Crippen molar-refractivity contribution in [1.82, 2.24) is 0 Å². The number of hydrogen-bond acceptors (Lipinski definition) is 4. The number of carbonyl (C=O) groups is 1. The summed E-state index contributed by atoms with van der Waals surface area (Å²) in [7, 11) is 0. The summed E-state index contributed by atoms with van der Waals surface area (Å²) in [5, 5.41) is 22.5. The van der Waals surface area contributed by atoms with Crippen LogP contribution in [0.4, 0.5) is 15.8 Å². The van der Waals surface area contributed by atoms with E-state index in [0.29, 0.717) is 24.9 Å². The smallest absolute Gasteiger partial charge is 0.306 e. The molecule has 0 heterocycles. The largest absolute Gasteiger partial charge is 0.481 e. The molecule has 1 aliphatic rings. The quantitative estimate of drug-likeness (QED) is 0.646. The third-order valence-electron chi connectivity index (χ3n) is 3.25. The van der Waals surface area contributed by atoms with Gasteiger partial charge in [0, 0.05) is 17.8 Å². The van der Waals surface area contributed by atoms with Crippen LogP contribution >= 0.6 is 0 Å². The van der Waals surface area contributed by atoms with Crippen molar-refractivity contribution in [1.29, 1.82) is 0 Å². The fraction of sp³-hybridized carbons (Fsp3) is 0.417. The average Bonchev–Trinajstić information content (AvgIpc) is 2.76. The lowest BCUT2D eigenvalue weighted by Crippen LogP contribution is -2.18. The molecule has 0 aromatic heterocycles. The molecule has 0 aliphatic heterocycles. The monoisotopic (exact) mass is 268 g/mol. The van der Waals surface area contributed by atoms with Gasteiger partial charge in [0.1, 0.15) is 5.82 Å². The zero-order chi connectivity index (χ0) is 14.0. The lowest BCUT2D eigenvalue weighted by molar-refractivity contribution is -0.385. The Kier molecular flexibility index (Phi) is 3.64.